The highest BCUT2D eigenvalue weighted by Crippen LogP contribution is 2.22. The summed E-state index contributed by atoms with van der Waals surface area (Å²) < 4.78 is 5.73. The fourth-order valence-corrected chi connectivity index (χ4v) is 2.02. The zero-order chi connectivity index (χ0) is 19.6. The lowest BCUT2D eigenvalue weighted by Crippen LogP contribution is -2.49. The number of rotatable bonds is 5. The molecule has 0 fully saturated rings. The van der Waals surface area contributed by atoms with Crippen molar-refractivity contribution in [3.63, 3.8) is 0 Å². The summed E-state index contributed by atoms with van der Waals surface area (Å²) in [5, 5.41) is 2.42. The predicted octanol–water partition coefficient (Wildman–Crippen LogP) is 2.16. The summed E-state index contributed by atoms with van der Waals surface area (Å²) in [6.45, 7) is 3.45. The van der Waals surface area contributed by atoms with E-state index in [4.69, 9.17) is 4.74 Å². The van der Waals surface area contributed by atoms with Gasteiger partial charge in [0.25, 0.3) is 5.91 Å². The maximum atomic E-state index is 11.8. The van der Waals surface area contributed by atoms with Gasteiger partial charge < -0.3 is 10.1 Å². The minimum atomic E-state index is -0.941. The Morgan fingerprint density at radius 1 is 0.889 bits per heavy atom. The second-order valence-electron chi connectivity index (χ2n) is 5.89. The molecule has 2 rings (SSSR count). The quantitative estimate of drug-likeness (QED) is 0.429. The molecule has 3 N–H and O–H groups in total. The standard InChI is InChI=1S/C20H21N3O4/c1-14(2)21-19(25)20(26)23-22-18(24)12-11-15-7-6-10-17(13-15)27-16-8-4-3-5-9-16/h3-14H,1-2H3,(H,21,25)(H,22,24)(H,23,26)/b12-11+. The predicted molar refractivity (Wildman–Crippen MR) is 102 cm³/mol. The lowest BCUT2D eigenvalue weighted by molar-refractivity contribution is -0.140. The van der Waals surface area contributed by atoms with Crippen molar-refractivity contribution in [2.45, 2.75) is 19.9 Å². The number of ether oxygens (including phenoxy) is 1. The Hall–Kier alpha value is -3.61. The van der Waals surface area contributed by atoms with Crippen molar-refractivity contribution >= 4 is 23.8 Å². The Balaban J connectivity index is 1.88. The van der Waals surface area contributed by atoms with Gasteiger partial charge in [-0.05, 0) is 49.8 Å². The van der Waals surface area contributed by atoms with E-state index < -0.39 is 17.7 Å². The SMILES string of the molecule is CC(C)NC(=O)C(=O)NNC(=O)/C=C/c1cccc(Oc2ccccc2)c1. The number of carbonyl (C=O) groups is 3. The highest BCUT2D eigenvalue weighted by Gasteiger charge is 2.14. The van der Waals surface area contributed by atoms with E-state index in [9.17, 15) is 14.4 Å². The summed E-state index contributed by atoms with van der Waals surface area (Å²) in [5.74, 6) is -1.000. The molecule has 0 spiro atoms. The number of hydrogen-bond acceptors (Lipinski definition) is 4. The van der Waals surface area contributed by atoms with E-state index in [0.29, 0.717) is 11.5 Å². The monoisotopic (exact) mass is 367 g/mol. The molecule has 27 heavy (non-hydrogen) atoms. The zero-order valence-electron chi connectivity index (χ0n) is 15.1. The minimum absolute atomic E-state index is 0.177. The molecule has 0 atom stereocenters. The number of amides is 3. The average molecular weight is 367 g/mol. The van der Waals surface area contributed by atoms with Crippen LogP contribution in [0.15, 0.2) is 60.7 Å². The van der Waals surface area contributed by atoms with Crippen LogP contribution < -0.4 is 20.9 Å². The Kier molecular flexibility index (Phi) is 7.13. The highest BCUT2D eigenvalue weighted by atomic mass is 16.5. The van der Waals surface area contributed by atoms with E-state index in [1.165, 1.54) is 6.08 Å². The van der Waals surface area contributed by atoms with Crippen LogP contribution >= 0.6 is 0 Å². The fourth-order valence-electron chi connectivity index (χ4n) is 2.02. The molecule has 0 heterocycles. The van der Waals surface area contributed by atoms with E-state index in [0.717, 1.165) is 5.56 Å². The molecule has 7 nitrogen and oxygen atoms in total. The molecule has 0 radical (unpaired) electrons. The van der Waals surface area contributed by atoms with Gasteiger partial charge in [0.1, 0.15) is 11.5 Å². The van der Waals surface area contributed by atoms with Crippen LogP contribution in [-0.4, -0.2) is 23.8 Å². The van der Waals surface area contributed by atoms with Crippen molar-refractivity contribution < 1.29 is 19.1 Å². The number of hydrazine groups is 1. The van der Waals surface area contributed by atoms with Crippen LogP contribution in [0.3, 0.4) is 0 Å². The summed E-state index contributed by atoms with van der Waals surface area (Å²) in [6.07, 6.45) is 2.80. The summed E-state index contributed by atoms with van der Waals surface area (Å²) in [5.41, 5.74) is 4.92. The van der Waals surface area contributed by atoms with Gasteiger partial charge >= 0.3 is 11.8 Å². The van der Waals surface area contributed by atoms with Crippen LogP contribution in [0.5, 0.6) is 11.5 Å². The van der Waals surface area contributed by atoms with Crippen LogP contribution in [-0.2, 0) is 14.4 Å². The molecule has 7 heteroatoms. The molecule has 0 aliphatic rings. The third-order valence-electron chi connectivity index (χ3n) is 3.19. The second kappa shape index (κ2) is 9.76. The number of benzene rings is 2. The molecular formula is C20H21N3O4. The van der Waals surface area contributed by atoms with Crippen molar-refractivity contribution in [2.75, 3.05) is 0 Å². The molecule has 0 unspecified atom stereocenters. The van der Waals surface area contributed by atoms with Gasteiger partial charge in [0.15, 0.2) is 0 Å². The van der Waals surface area contributed by atoms with Crippen LogP contribution in [0.2, 0.25) is 0 Å². The van der Waals surface area contributed by atoms with E-state index in [-0.39, 0.29) is 6.04 Å². The third-order valence-corrected chi connectivity index (χ3v) is 3.19. The number of hydrogen-bond donors (Lipinski definition) is 3. The first-order chi connectivity index (χ1) is 12.9. The molecule has 3 amide bonds. The van der Waals surface area contributed by atoms with Crippen molar-refractivity contribution in [3.8, 4) is 11.5 Å². The summed E-state index contributed by atoms with van der Waals surface area (Å²) >= 11 is 0. The van der Waals surface area contributed by atoms with Crippen LogP contribution in [0.1, 0.15) is 19.4 Å². The first kappa shape index (κ1) is 19.7. The van der Waals surface area contributed by atoms with Crippen LogP contribution in [0.4, 0.5) is 0 Å². The third kappa shape index (κ3) is 7.03. The average Bonchev–Trinajstić information content (AvgIpc) is 2.65. The summed E-state index contributed by atoms with van der Waals surface area (Å²) in [6, 6.07) is 16.3. The van der Waals surface area contributed by atoms with Gasteiger partial charge in [-0.15, -0.1) is 0 Å². The molecule has 0 aromatic heterocycles. The Morgan fingerprint density at radius 2 is 1.59 bits per heavy atom. The zero-order valence-corrected chi connectivity index (χ0v) is 15.1. The lowest BCUT2D eigenvalue weighted by Gasteiger charge is -2.08. The van der Waals surface area contributed by atoms with E-state index in [1.54, 1.807) is 44.2 Å². The maximum Gasteiger partial charge on any atom is 0.327 e. The van der Waals surface area contributed by atoms with Crippen molar-refractivity contribution in [1.82, 2.24) is 16.2 Å². The largest absolute Gasteiger partial charge is 0.457 e. The van der Waals surface area contributed by atoms with Gasteiger partial charge in [-0.2, -0.15) is 0 Å². The molecule has 2 aromatic carbocycles. The van der Waals surface area contributed by atoms with Crippen LogP contribution in [0, 0.1) is 0 Å². The first-order valence-corrected chi connectivity index (χ1v) is 8.36. The number of carbonyl (C=O) groups excluding carboxylic acids is 3. The van der Waals surface area contributed by atoms with Gasteiger partial charge in [0.05, 0.1) is 0 Å². The molecule has 0 aliphatic heterocycles. The van der Waals surface area contributed by atoms with Gasteiger partial charge in [0.2, 0.25) is 0 Å². The normalized spacial score (nSPS) is 10.5. The molecule has 0 bridgehead atoms. The van der Waals surface area contributed by atoms with E-state index in [1.807, 2.05) is 35.8 Å². The molecule has 0 aliphatic carbocycles. The lowest BCUT2D eigenvalue weighted by atomic mass is 10.2. The van der Waals surface area contributed by atoms with Crippen molar-refractivity contribution in [2.24, 2.45) is 0 Å². The summed E-state index contributed by atoms with van der Waals surface area (Å²) in [7, 11) is 0. The van der Waals surface area contributed by atoms with Gasteiger partial charge in [-0.25, -0.2) is 0 Å². The first-order valence-electron chi connectivity index (χ1n) is 8.36. The fraction of sp³-hybridized carbons (Fsp3) is 0.150. The van der Waals surface area contributed by atoms with Gasteiger partial charge in [-0.3, -0.25) is 25.2 Å². The maximum absolute atomic E-state index is 11.8. The molecule has 2 aromatic rings. The van der Waals surface area contributed by atoms with Gasteiger partial charge in [-0.1, -0.05) is 30.3 Å². The molecule has 0 saturated carbocycles. The van der Waals surface area contributed by atoms with Gasteiger partial charge in [0, 0.05) is 12.1 Å². The van der Waals surface area contributed by atoms with Crippen molar-refractivity contribution in [3.05, 3.63) is 66.2 Å². The highest BCUT2D eigenvalue weighted by molar-refractivity contribution is 6.35. The topological polar surface area (TPSA) is 96.5 Å². The molecule has 140 valence electrons. The minimum Gasteiger partial charge on any atom is -0.457 e. The number of para-hydroxylation sites is 1. The smallest absolute Gasteiger partial charge is 0.327 e. The Labute approximate surface area is 157 Å². The second-order valence-corrected chi connectivity index (χ2v) is 5.89. The van der Waals surface area contributed by atoms with Crippen LogP contribution in [0.25, 0.3) is 6.08 Å². The Morgan fingerprint density at radius 3 is 2.30 bits per heavy atom. The Bertz CT molecular complexity index is 832. The molecule has 0 saturated heterocycles. The molecular weight excluding hydrogens is 346 g/mol. The number of nitrogens with one attached hydrogen (secondary N) is 3. The summed E-state index contributed by atoms with van der Waals surface area (Å²) in [4.78, 5) is 34.7. The van der Waals surface area contributed by atoms with Crippen molar-refractivity contribution in [1.29, 1.82) is 0 Å². The van der Waals surface area contributed by atoms with E-state index >= 15 is 0 Å². The van der Waals surface area contributed by atoms with E-state index in [2.05, 4.69) is 10.7 Å².